The molecule has 0 fully saturated rings. The first kappa shape index (κ1) is 20.0. The smallest absolute Gasteiger partial charge is 0.140 e. The van der Waals surface area contributed by atoms with Crippen molar-refractivity contribution in [2.45, 2.75) is 6.61 Å². The average molecular weight is 427 g/mol. The summed E-state index contributed by atoms with van der Waals surface area (Å²) in [6.07, 6.45) is 3.71. The van der Waals surface area contributed by atoms with Gasteiger partial charge in [-0.05, 0) is 59.7 Å². The molecule has 0 aliphatic rings. The minimum atomic E-state index is -0.274. The molecular weight excluding hydrogens is 405 g/mol. The van der Waals surface area contributed by atoms with Crippen molar-refractivity contribution >= 4 is 22.4 Å². The van der Waals surface area contributed by atoms with Gasteiger partial charge in [0.15, 0.2) is 0 Å². The van der Waals surface area contributed by atoms with Gasteiger partial charge < -0.3 is 15.0 Å². The second kappa shape index (κ2) is 7.94. The molecule has 0 bridgehead atoms. The number of aryl methyl sites for hydroxylation is 2. The number of fused-ring (bicyclic) bond motifs is 1. The molecular formula is C25H22FN5O. The van der Waals surface area contributed by atoms with Crippen LogP contribution in [0.4, 0.5) is 15.8 Å². The Labute approximate surface area is 184 Å². The van der Waals surface area contributed by atoms with Gasteiger partial charge in [-0.2, -0.15) is 5.10 Å². The van der Waals surface area contributed by atoms with Crippen LogP contribution in [0.2, 0.25) is 0 Å². The number of hydrogen-bond acceptors (Lipinski definition) is 4. The Kier molecular flexibility index (Phi) is 4.95. The fraction of sp³-hybridized carbons (Fsp3) is 0.120. The van der Waals surface area contributed by atoms with Crippen LogP contribution in [0.25, 0.3) is 33.5 Å². The zero-order valence-corrected chi connectivity index (χ0v) is 17.7. The Hall–Kier alpha value is -3.97. The van der Waals surface area contributed by atoms with E-state index >= 15 is 0 Å². The highest BCUT2D eigenvalue weighted by molar-refractivity contribution is 5.93. The van der Waals surface area contributed by atoms with E-state index in [1.165, 1.54) is 12.1 Å². The number of anilines is 2. The normalized spacial score (nSPS) is 11.2. The maximum Gasteiger partial charge on any atom is 0.140 e. The summed E-state index contributed by atoms with van der Waals surface area (Å²) in [4.78, 5) is 4.84. The molecule has 0 unspecified atom stereocenters. The molecule has 0 saturated heterocycles. The molecule has 0 aliphatic carbocycles. The molecule has 2 heterocycles. The standard InChI is InChI=1S/C25H22FN5O/c1-30-14-18(13-27-30)21-11-10-20(12-17(21)15-32)28-22-4-3-5-23-24(22)29-25(31(23)2)16-6-8-19(26)9-7-16/h3-14,28,32H,15H2,1-2H3. The van der Waals surface area contributed by atoms with Crippen LogP contribution in [-0.4, -0.2) is 24.4 Å². The van der Waals surface area contributed by atoms with Gasteiger partial charge in [0.25, 0.3) is 0 Å². The number of aromatic nitrogens is 4. The largest absolute Gasteiger partial charge is 0.392 e. The van der Waals surface area contributed by atoms with Crippen LogP contribution in [0.5, 0.6) is 0 Å². The van der Waals surface area contributed by atoms with Gasteiger partial charge in [0, 0.05) is 37.1 Å². The zero-order chi connectivity index (χ0) is 22.2. The molecule has 3 aromatic carbocycles. The fourth-order valence-electron chi connectivity index (χ4n) is 3.97. The Bertz CT molecular complexity index is 1420. The number of hydrogen-bond donors (Lipinski definition) is 2. The van der Waals surface area contributed by atoms with Gasteiger partial charge in [-0.1, -0.05) is 12.1 Å². The third-order valence-electron chi connectivity index (χ3n) is 5.58. The van der Waals surface area contributed by atoms with Crippen molar-refractivity contribution in [1.82, 2.24) is 19.3 Å². The Morgan fingerprint density at radius 3 is 2.53 bits per heavy atom. The van der Waals surface area contributed by atoms with Crippen LogP contribution < -0.4 is 5.32 Å². The van der Waals surface area contributed by atoms with E-state index in [2.05, 4.69) is 10.4 Å². The minimum absolute atomic E-state index is 0.0811. The molecule has 0 aliphatic heterocycles. The highest BCUT2D eigenvalue weighted by Crippen LogP contribution is 2.32. The number of aliphatic hydroxyl groups excluding tert-OH is 1. The maximum atomic E-state index is 13.4. The first-order chi connectivity index (χ1) is 15.5. The number of aliphatic hydroxyl groups is 1. The monoisotopic (exact) mass is 427 g/mol. The van der Waals surface area contributed by atoms with Crippen molar-refractivity contribution in [1.29, 1.82) is 0 Å². The molecule has 5 aromatic rings. The van der Waals surface area contributed by atoms with E-state index in [1.54, 1.807) is 23.0 Å². The Morgan fingerprint density at radius 1 is 1.00 bits per heavy atom. The van der Waals surface area contributed by atoms with Crippen LogP contribution in [0.15, 0.2) is 73.1 Å². The van der Waals surface area contributed by atoms with Crippen molar-refractivity contribution < 1.29 is 9.50 Å². The van der Waals surface area contributed by atoms with Crippen LogP contribution in [0, 0.1) is 5.82 Å². The number of rotatable bonds is 5. The summed E-state index contributed by atoms with van der Waals surface area (Å²) in [5.74, 6) is 0.488. The maximum absolute atomic E-state index is 13.4. The van der Waals surface area contributed by atoms with Crippen LogP contribution >= 0.6 is 0 Å². The van der Waals surface area contributed by atoms with Crippen LogP contribution in [0.3, 0.4) is 0 Å². The van der Waals surface area contributed by atoms with E-state index in [1.807, 2.05) is 61.3 Å². The van der Waals surface area contributed by atoms with Gasteiger partial charge in [-0.15, -0.1) is 0 Å². The first-order valence-corrected chi connectivity index (χ1v) is 10.2. The third kappa shape index (κ3) is 3.52. The van der Waals surface area contributed by atoms with Gasteiger partial charge in [-0.25, -0.2) is 9.37 Å². The van der Waals surface area contributed by atoms with Gasteiger partial charge >= 0.3 is 0 Å². The summed E-state index contributed by atoms with van der Waals surface area (Å²) in [6, 6.07) is 18.2. The highest BCUT2D eigenvalue weighted by atomic mass is 19.1. The number of para-hydroxylation sites is 1. The van der Waals surface area contributed by atoms with E-state index < -0.39 is 0 Å². The van der Waals surface area contributed by atoms with Crippen LogP contribution in [0.1, 0.15) is 5.56 Å². The lowest BCUT2D eigenvalue weighted by molar-refractivity contribution is 0.282. The average Bonchev–Trinajstić information content (AvgIpc) is 3.38. The topological polar surface area (TPSA) is 67.9 Å². The molecule has 0 atom stereocenters. The molecule has 5 rings (SSSR count). The molecule has 0 amide bonds. The van der Waals surface area contributed by atoms with Gasteiger partial charge in [-0.3, -0.25) is 4.68 Å². The lowest BCUT2D eigenvalue weighted by Gasteiger charge is -2.11. The molecule has 7 heteroatoms. The third-order valence-corrected chi connectivity index (χ3v) is 5.58. The highest BCUT2D eigenvalue weighted by Gasteiger charge is 2.14. The summed E-state index contributed by atoms with van der Waals surface area (Å²) in [6.45, 7) is -0.0811. The summed E-state index contributed by atoms with van der Waals surface area (Å²) < 4.78 is 17.1. The summed E-state index contributed by atoms with van der Waals surface area (Å²) >= 11 is 0. The quantitative estimate of drug-likeness (QED) is 0.414. The van der Waals surface area contributed by atoms with E-state index in [4.69, 9.17) is 4.98 Å². The SMILES string of the molecule is Cn1cc(-c2ccc(Nc3cccc4c3nc(-c3ccc(F)cc3)n4C)cc2CO)cn1. The lowest BCUT2D eigenvalue weighted by atomic mass is 10.0. The predicted octanol–water partition coefficient (Wildman–Crippen LogP) is 5.02. The lowest BCUT2D eigenvalue weighted by Crippen LogP contribution is -1.95. The number of benzene rings is 3. The van der Waals surface area contributed by atoms with Gasteiger partial charge in [0.2, 0.25) is 0 Å². The van der Waals surface area contributed by atoms with Crippen molar-refractivity contribution in [3.8, 4) is 22.5 Å². The second-order valence-electron chi connectivity index (χ2n) is 7.73. The molecule has 2 N–H and O–H groups in total. The Balaban J connectivity index is 1.53. The number of imidazole rings is 1. The molecule has 6 nitrogen and oxygen atoms in total. The predicted molar refractivity (Wildman–Crippen MR) is 124 cm³/mol. The summed E-state index contributed by atoms with van der Waals surface area (Å²) in [7, 11) is 3.82. The molecule has 0 spiro atoms. The number of nitrogens with zero attached hydrogens (tertiary/aromatic N) is 4. The van der Waals surface area contributed by atoms with Gasteiger partial charge in [0.1, 0.15) is 17.2 Å². The van der Waals surface area contributed by atoms with Crippen molar-refractivity contribution in [2.75, 3.05) is 5.32 Å². The fourth-order valence-corrected chi connectivity index (χ4v) is 3.97. The molecule has 32 heavy (non-hydrogen) atoms. The van der Waals surface area contributed by atoms with Crippen molar-refractivity contribution in [3.05, 3.63) is 84.4 Å². The summed E-state index contributed by atoms with van der Waals surface area (Å²) in [5.41, 5.74) is 7.04. The van der Waals surface area contributed by atoms with E-state index in [9.17, 15) is 9.50 Å². The number of halogens is 1. The molecule has 2 aromatic heterocycles. The Morgan fingerprint density at radius 2 is 1.81 bits per heavy atom. The van der Waals surface area contributed by atoms with Crippen molar-refractivity contribution in [2.24, 2.45) is 14.1 Å². The van der Waals surface area contributed by atoms with E-state index in [0.29, 0.717) is 0 Å². The second-order valence-corrected chi connectivity index (χ2v) is 7.73. The first-order valence-electron chi connectivity index (χ1n) is 10.2. The number of nitrogens with one attached hydrogen (secondary N) is 1. The summed E-state index contributed by atoms with van der Waals surface area (Å²) in [5, 5.41) is 17.6. The van der Waals surface area contributed by atoms with Crippen LogP contribution in [-0.2, 0) is 20.7 Å². The zero-order valence-electron chi connectivity index (χ0n) is 17.7. The van der Waals surface area contributed by atoms with Crippen molar-refractivity contribution in [3.63, 3.8) is 0 Å². The van der Waals surface area contributed by atoms with E-state index in [0.717, 1.165) is 50.5 Å². The molecule has 0 radical (unpaired) electrons. The molecule has 0 saturated carbocycles. The molecule has 160 valence electrons. The minimum Gasteiger partial charge on any atom is -0.392 e. The van der Waals surface area contributed by atoms with E-state index in [-0.39, 0.29) is 12.4 Å². The van der Waals surface area contributed by atoms with Gasteiger partial charge in [0.05, 0.1) is 24.0 Å².